The number of hydrogen-bond acceptors (Lipinski definition) is 4. The summed E-state index contributed by atoms with van der Waals surface area (Å²) < 4.78 is 24.5. The van der Waals surface area contributed by atoms with Crippen LogP contribution in [0.3, 0.4) is 0 Å². The number of hydrogen-bond donors (Lipinski definition) is 1. The third kappa shape index (κ3) is 2.38. The van der Waals surface area contributed by atoms with E-state index < -0.39 is 9.84 Å². The standard InChI is InChI=1S/C9H15N3O2S/c10-3-1-8-5-12(7-11-8)9-2-4-15(13,14)6-9/h5,7,9H,1-4,6,10H2. The molecule has 0 saturated carbocycles. The van der Waals surface area contributed by atoms with Gasteiger partial charge in [0.2, 0.25) is 0 Å². The summed E-state index contributed by atoms with van der Waals surface area (Å²) in [6.45, 7) is 0.569. The van der Waals surface area contributed by atoms with E-state index in [1.165, 1.54) is 0 Å². The number of imidazole rings is 1. The predicted octanol–water partition coefficient (Wildman–Crippen LogP) is -0.256. The van der Waals surface area contributed by atoms with Crippen molar-refractivity contribution < 1.29 is 8.42 Å². The van der Waals surface area contributed by atoms with Crippen LogP contribution in [0, 0.1) is 0 Å². The quantitative estimate of drug-likeness (QED) is 0.775. The van der Waals surface area contributed by atoms with Crippen molar-refractivity contribution in [1.82, 2.24) is 9.55 Å². The molecule has 0 spiro atoms. The van der Waals surface area contributed by atoms with Gasteiger partial charge in [-0.25, -0.2) is 13.4 Å². The maximum Gasteiger partial charge on any atom is 0.152 e. The molecule has 2 rings (SSSR count). The van der Waals surface area contributed by atoms with Gasteiger partial charge in [-0.3, -0.25) is 0 Å². The Morgan fingerprint density at radius 1 is 1.60 bits per heavy atom. The van der Waals surface area contributed by atoms with Crippen molar-refractivity contribution in [2.45, 2.75) is 18.9 Å². The van der Waals surface area contributed by atoms with Gasteiger partial charge in [-0.05, 0) is 13.0 Å². The Balaban J connectivity index is 2.10. The zero-order valence-electron chi connectivity index (χ0n) is 8.46. The van der Waals surface area contributed by atoms with Crippen molar-refractivity contribution >= 4 is 9.84 Å². The minimum atomic E-state index is -2.82. The molecule has 1 aromatic heterocycles. The fraction of sp³-hybridized carbons (Fsp3) is 0.667. The van der Waals surface area contributed by atoms with E-state index in [1.807, 2.05) is 10.8 Å². The van der Waals surface area contributed by atoms with Gasteiger partial charge in [0.25, 0.3) is 0 Å². The zero-order valence-corrected chi connectivity index (χ0v) is 9.28. The van der Waals surface area contributed by atoms with Crippen molar-refractivity contribution in [2.24, 2.45) is 5.73 Å². The van der Waals surface area contributed by atoms with Gasteiger partial charge >= 0.3 is 0 Å². The molecule has 1 fully saturated rings. The normalized spacial score (nSPS) is 24.5. The highest BCUT2D eigenvalue weighted by Gasteiger charge is 2.28. The lowest BCUT2D eigenvalue weighted by atomic mass is 10.2. The molecular formula is C9H15N3O2S. The molecule has 0 bridgehead atoms. The fourth-order valence-electron chi connectivity index (χ4n) is 1.87. The fourth-order valence-corrected chi connectivity index (χ4v) is 3.59. The summed E-state index contributed by atoms with van der Waals surface area (Å²) in [5.41, 5.74) is 6.35. The van der Waals surface area contributed by atoms with Crippen LogP contribution in [0.2, 0.25) is 0 Å². The van der Waals surface area contributed by atoms with Gasteiger partial charge in [-0.15, -0.1) is 0 Å². The third-order valence-electron chi connectivity index (χ3n) is 2.69. The molecule has 0 aliphatic carbocycles. The van der Waals surface area contributed by atoms with Crippen LogP contribution in [-0.2, 0) is 16.3 Å². The van der Waals surface area contributed by atoms with E-state index in [2.05, 4.69) is 4.98 Å². The Morgan fingerprint density at radius 2 is 2.40 bits per heavy atom. The van der Waals surface area contributed by atoms with Gasteiger partial charge in [0.15, 0.2) is 9.84 Å². The van der Waals surface area contributed by atoms with Crippen LogP contribution in [0.15, 0.2) is 12.5 Å². The summed E-state index contributed by atoms with van der Waals surface area (Å²) in [6, 6.07) is 0.0639. The minimum Gasteiger partial charge on any atom is -0.333 e. The van der Waals surface area contributed by atoms with Crippen LogP contribution in [0.25, 0.3) is 0 Å². The molecule has 6 heteroatoms. The van der Waals surface area contributed by atoms with Crippen LogP contribution in [0.4, 0.5) is 0 Å². The first kappa shape index (κ1) is 10.6. The Hall–Kier alpha value is -0.880. The largest absolute Gasteiger partial charge is 0.333 e. The highest BCUT2D eigenvalue weighted by atomic mass is 32.2. The van der Waals surface area contributed by atoms with E-state index in [0.717, 1.165) is 12.1 Å². The molecule has 1 aliphatic heterocycles. The van der Waals surface area contributed by atoms with E-state index in [9.17, 15) is 8.42 Å². The van der Waals surface area contributed by atoms with E-state index in [1.54, 1.807) is 6.33 Å². The molecule has 2 N–H and O–H groups in total. The Kier molecular flexibility index (Phi) is 2.79. The number of sulfone groups is 1. The first-order valence-electron chi connectivity index (χ1n) is 5.03. The molecule has 0 amide bonds. The van der Waals surface area contributed by atoms with E-state index in [0.29, 0.717) is 18.7 Å². The Morgan fingerprint density at radius 3 is 3.00 bits per heavy atom. The van der Waals surface area contributed by atoms with Gasteiger partial charge < -0.3 is 10.3 Å². The van der Waals surface area contributed by atoms with E-state index in [-0.39, 0.29) is 11.8 Å². The molecule has 15 heavy (non-hydrogen) atoms. The predicted molar refractivity (Wildman–Crippen MR) is 57.3 cm³/mol. The highest BCUT2D eigenvalue weighted by Crippen LogP contribution is 2.23. The lowest BCUT2D eigenvalue weighted by Gasteiger charge is -2.07. The molecule has 1 aliphatic rings. The van der Waals surface area contributed by atoms with Gasteiger partial charge in [0.1, 0.15) is 0 Å². The van der Waals surface area contributed by atoms with Gasteiger partial charge in [0, 0.05) is 18.7 Å². The number of nitrogens with two attached hydrogens (primary N) is 1. The van der Waals surface area contributed by atoms with Crippen molar-refractivity contribution in [3.8, 4) is 0 Å². The number of aromatic nitrogens is 2. The number of nitrogens with zero attached hydrogens (tertiary/aromatic N) is 2. The summed E-state index contributed by atoms with van der Waals surface area (Å²) in [5, 5.41) is 0. The first-order chi connectivity index (χ1) is 7.11. The molecule has 0 aromatic carbocycles. The second-order valence-corrected chi connectivity index (χ2v) is 6.14. The average Bonchev–Trinajstić information content (AvgIpc) is 2.73. The number of rotatable bonds is 3. The second kappa shape index (κ2) is 3.94. The minimum absolute atomic E-state index is 0.0639. The first-order valence-corrected chi connectivity index (χ1v) is 6.86. The van der Waals surface area contributed by atoms with Gasteiger partial charge in [0.05, 0.1) is 23.5 Å². The SMILES string of the molecule is NCCc1cn(C2CCS(=O)(=O)C2)cn1. The van der Waals surface area contributed by atoms with Crippen molar-refractivity contribution in [1.29, 1.82) is 0 Å². The molecular weight excluding hydrogens is 214 g/mol. The lowest BCUT2D eigenvalue weighted by molar-refractivity contribution is 0.554. The topological polar surface area (TPSA) is 78.0 Å². The molecule has 1 unspecified atom stereocenters. The van der Waals surface area contributed by atoms with E-state index >= 15 is 0 Å². The van der Waals surface area contributed by atoms with Crippen LogP contribution >= 0.6 is 0 Å². The second-order valence-electron chi connectivity index (χ2n) is 3.91. The summed E-state index contributed by atoms with van der Waals surface area (Å²) in [4.78, 5) is 4.19. The van der Waals surface area contributed by atoms with Gasteiger partial charge in [-0.1, -0.05) is 0 Å². The van der Waals surface area contributed by atoms with Crippen molar-refractivity contribution in [3.05, 3.63) is 18.2 Å². The maximum atomic E-state index is 11.3. The average molecular weight is 229 g/mol. The molecule has 0 radical (unpaired) electrons. The maximum absolute atomic E-state index is 11.3. The third-order valence-corrected chi connectivity index (χ3v) is 4.44. The van der Waals surface area contributed by atoms with Crippen LogP contribution in [-0.4, -0.2) is 36.0 Å². The smallest absolute Gasteiger partial charge is 0.152 e. The summed E-state index contributed by atoms with van der Waals surface area (Å²) in [5.74, 6) is 0.535. The van der Waals surface area contributed by atoms with Crippen LogP contribution in [0.5, 0.6) is 0 Å². The lowest BCUT2D eigenvalue weighted by Crippen LogP contribution is -2.09. The molecule has 1 atom stereocenters. The molecule has 1 saturated heterocycles. The Labute approximate surface area is 89.2 Å². The molecule has 2 heterocycles. The summed E-state index contributed by atoms with van der Waals surface area (Å²) >= 11 is 0. The zero-order chi connectivity index (χ0) is 10.9. The molecule has 5 nitrogen and oxygen atoms in total. The Bertz CT molecular complexity index is 438. The van der Waals surface area contributed by atoms with Crippen molar-refractivity contribution in [3.63, 3.8) is 0 Å². The van der Waals surface area contributed by atoms with Crippen LogP contribution in [0.1, 0.15) is 18.2 Å². The highest BCUT2D eigenvalue weighted by molar-refractivity contribution is 7.91. The summed E-state index contributed by atoms with van der Waals surface area (Å²) in [7, 11) is -2.82. The van der Waals surface area contributed by atoms with Gasteiger partial charge in [-0.2, -0.15) is 0 Å². The summed E-state index contributed by atoms with van der Waals surface area (Å²) in [6.07, 6.45) is 5.04. The molecule has 1 aromatic rings. The van der Waals surface area contributed by atoms with E-state index in [4.69, 9.17) is 5.73 Å². The van der Waals surface area contributed by atoms with Crippen molar-refractivity contribution in [2.75, 3.05) is 18.1 Å². The van der Waals surface area contributed by atoms with Crippen LogP contribution < -0.4 is 5.73 Å². The molecule has 84 valence electrons. The monoisotopic (exact) mass is 229 g/mol.